The molecule has 2 aromatic carbocycles. The van der Waals surface area contributed by atoms with E-state index in [0.29, 0.717) is 0 Å². The summed E-state index contributed by atoms with van der Waals surface area (Å²) in [5, 5.41) is 9.71. The normalized spacial score (nSPS) is 11.2. The standard InChI is InChI=1S/C20H20N4/c1-2-7-16(8-3-1)14-24-15-22-23-20(24)12-6-9-17-13-21-19-11-5-4-10-18(17)19/h1-5,7-8,10-11,13,15,21H,6,9,12,14H2. The molecule has 2 heterocycles. The number of nitrogens with zero attached hydrogens (tertiary/aromatic N) is 3. The molecule has 24 heavy (non-hydrogen) atoms. The third kappa shape index (κ3) is 3.08. The molecular weight excluding hydrogens is 296 g/mol. The predicted octanol–water partition coefficient (Wildman–Crippen LogP) is 3.98. The third-order valence-electron chi connectivity index (χ3n) is 4.41. The Morgan fingerprint density at radius 3 is 2.67 bits per heavy atom. The highest BCUT2D eigenvalue weighted by molar-refractivity contribution is 5.82. The molecule has 4 rings (SSSR count). The SMILES string of the molecule is c1ccc(Cn2cnnc2CCCc2c[nH]c3ccccc23)cc1. The van der Waals surface area contributed by atoms with Crippen LogP contribution in [0.1, 0.15) is 23.4 Å². The number of fused-ring (bicyclic) bond motifs is 1. The number of para-hydroxylation sites is 1. The van der Waals surface area contributed by atoms with Crippen molar-refractivity contribution in [1.29, 1.82) is 0 Å². The van der Waals surface area contributed by atoms with Crippen molar-refractivity contribution in [2.45, 2.75) is 25.8 Å². The van der Waals surface area contributed by atoms with Gasteiger partial charge in [-0.15, -0.1) is 10.2 Å². The van der Waals surface area contributed by atoms with E-state index in [1.807, 2.05) is 12.4 Å². The highest BCUT2D eigenvalue weighted by Crippen LogP contribution is 2.19. The summed E-state index contributed by atoms with van der Waals surface area (Å²) in [5.41, 5.74) is 3.86. The van der Waals surface area contributed by atoms with Crippen LogP contribution in [0.25, 0.3) is 10.9 Å². The summed E-state index contributed by atoms with van der Waals surface area (Å²) in [5.74, 6) is 1.05. The fraction of sp³-hybridized carbons (Fsp3) is 0.200. The van der Waals surface area contributed by atoms with Crippen molar-refractivity contribution in [3.63, 3.8) is 0 Å². The maximum atomic E-state index is 4.30. The van der Waals surface area contributed by atoms with Gasteiger partial charge in [-0.05, 0) is 30.0 Å². The van der Waals surface area contributed by atoms with Gasteiger partial charge in [0.2, 0.25) is 0 Å². The first-order valence-electron chi connectivity index (χ1n) is 8.36. The van der Waals surface area contributed by atoms with E-state index in [0.717, 1.165) is 31.6 Å². The quantitative estimate of drug-likeness (QED) is 0.585. The minimum Gasteiger partial charge on any atom is -0.361 e. The molecule has 2 aromatic heterocycles. The van der Waals surface area contributed by atoms with Crippen molar-refractivity contribution in [1.82, 2.24) is 19.7 Å². The summed E-state index contributed by atoms with van der Waals surface area (Å²) < 4.78 is 2.14. The zero-order chi connectivity index (χ0) is 16.2. The highest BCUT2D eigenvalue weighted by Gasteiger charge is 2.07. The van der Waals surface area contributed by atoms with E-state index in [9.17, 15) is 0 Å². The van der Waals surface area contributed by atoms with Gasteiger partial charge in [0.25, 0.3) is 0 Å². The second kappa shape index (κ2) is 6.71. The van der Waals surface area contributed by atoms with E-state index in [4.69, 9.17) is 0 Å². The molecule has 0 saturated heterocycles. The zero-order valence-corrected chi connectivity index (χ0v) is 13.5. The van der Waals surface area contributed by atoms with Gasteiger partial charge < -0.3 is 9.55 Å². The number of hydrogen-bond acceptors (Lipinski definition) is 2. The van der Waals surface area contributed by atoms with Crippen LogP contribution in [0.4, 0.5) is 0 Å². The fourth-order valence-corrected chi connectivity index (χ4v) is 3.16. The molecule has 0 saturated carbocycles. The maximum Gasteiger partial charge on any atom is 0.133 e. The molecule has 0 bridgehead atoms. The number of hydrogen-bond donors (Lipinski definition) is 1. The molecule has 0 unspecified atom stereocenters. The first-order chi connectivity index (χ1) is 11.9. The number of aryl methyl sites for hydroxylation is 2. The molecular formula is C20H20N4. The molecule has 0 aliphatic heterocycles. The Labute approximate surface area is 141 Å². The van der Waals surface area contributed by atoms with Gasteiger partial charge in [-0.2, -0.15) is 0 Å². The molecule has 0 aliphatic rings. The molecule has 0 fully saturated rings. The van der Waals surface area contributed by atoms with Crippen molar-refractivity contribution in [2.75, 3.05) is 0 Å². The lowest BCUT2D eigenvalue weighted by atomic mass is 10.1. The van der Waals surface area contributed by atoms with Crippen LogP contribution in [0, 0.1) is 0 Å². The number of aromatic nitrogens is 4. The van der Waals surface area contributed by atoms with Crippen LogP contribution in [0.2, 0.25) is 0 Å². The minimum atomic E-state index is 0.830. The van der Waals surface area contributed by atoms with E-state index < -0.39 is 0 Å². The summed E-state index contributed by atoms with van der Waals surface area (Å²) in [6.07, 6.45) is 7.00. The first-order valence-corrected chi connectivity index (χ1v) is 8.36. The molecule has 0 spiro atoms. The lowest BCUT2D eigenvalue weighted by molar-refractivity contribution is 0.686. The fourth-order valence-electron chi connectivity index (χ4n) is 3.16. The molecule has 0 aliphatic carbocycles. The van der Waals surface area contributed by atoms with Gasteiger partial charge in [-0.25, -0.2) is 0 Å². The van der Waals surface area contributed by atoms with Crippen molar-refractivity contribution < 1.29 is 0 Å². The summed E-state index contributed by atoms with van der Waals surface area (Å²) in [6.45, 7) is 0.830. The highest BCUT2D eigenvalue weighted by atomic mass is 15.3. The number of H-pyrrole nitrogens is 1. The topological polar surface area (TPSA) is 46.5 Å². The van der Waals surface area contributed by atoms with Gasteiger partial charge in [0.05, 0.1) is 6.54 Å². The lowest BCUT2D eigenvalue weighted by Gasteiger charge is -2.06. The molecule has 4 nitrogen and oxygen atoms in total. The average Bonchev–Trinajstić information content (AvgIpc) is 3.23. The largest absolute Gasteiger partial charge is 0.361 e. The van der Waals surface area contributed by atoms with Crippen LogP contribution in [-0.4, -0.2) is 19.7 Å². The summed E-state index contributed by atoms with van der Waals surface area (Å²) in [7, 11) is 0. The van der Waals surface area contributed by atoms with Gasteiger partial charge in [-0.1, -0.05) is 48.5 Å². The summed E-state index contributed by atoms with van der Waals surface area (Å²) >= 11 is 0. The van der Waals surface area contributed by atoms with Crippen molar-refractivity contribution in [3.05, 3.63) is 84.1 Å². The van der Waals surface area contributed by atoms with Crippen molar-refractivity contribution in [2.24, 2.45) is 0 Å². The van der Waals surface area contributed by atoms with Crippen LogP contribution >= 0.6 is 0 Å². The van der Waals surface area contributed by atoms with Crippen LogP contribution in [-0.2, 0) is 19.4 Å². The van der Waals surface area contributed by atoms with Crippen LogP contribution in [0.5, 0.6) is 0 Å². The van der Waals surface area contributed by atoms with Gasteiger partial charge >= 0.3 is 0 Å². The second-order valence-corrected chi connectivity index (χ2v) is 6.07. The van der Waals surface area contributed by atoms with E-state index in [-0.39, 0.29) is 0 Å². The average molecular weight is 316 g/mol. The second-order valence-electron chi connectivity index (χ2n) is 6.07. The molecule has 120 valence electrons. The minimum absolute atomic E-state index is 0.830. The Bertz CT molecular complexity index is 921. The van der Waals surface area contributed by atoms with Gasteiger partial charge in [0.15, 0.2) is 0 Å². The predicted molar refractivity (Wildman–Crippen MR) is 95.9 cm³/mol. The summed E-state index contributed by atoms with van der Waals surface area (Å²) in [6, 6.07) is 18.9. The van der Waals surface area contributed by atoms with E-state index in [1.165, 1.54) is 22.0 Å². The van der Waals surface area contributed by atoms with E-state index in [1.54, 1.807) is 0 Å². The number of nitrogens with one attached hydrogen (secondary N) is 1. The lowest BCUT2D eigenvalue weighted by Crippen LogP contribution is -2.05. The van der Waals surface area contributed by atoms with Crippen LogP contribution in [0.15, 0.2) is 67.1 Å². The molecule has 0 radical (unpaired) electrons. The molecule has 0 amide bonds. The number of rotatable bonds is 6. The number of benzene rings is 2. The first kappa shape index (κ1) is 14.7. The Morgan fingerprint density at radius 2 is 1.75 bits per heavy atom. The van der Waals surface area contributed by atoms with Gasteiger partial charge in [0, 0.05) is 23.5 Å². The van der Waals surface area contributed by atoms with Gasteiger partial charge in [0.1, 0.15) is 12.2 Å². The monoisotopic (exact) mass is 316 g/mol. The van der Waals surface area contributed by atoms with E-state index >= 15 is 0 Å². The molecule has 1 N–H and O–H groups in total. The molecule has 4 aromatic rings. The van der Waals surface area contributed by atoms with E-state index in [2.05, 4.69) is 74.5 Å². The Kier molecular flexibility index (Phi) is 4.11. The molecule has 0 atom stereocenters. The smallest absolute Gasteiger partial charge is 0.133 e. The number of aromatic amines is 1. The van der Waals surface area contributed by atoms with Crippen molar-refractivity contribution in [3.8, 4) is 0 Å². The summed E-state index contributed by atoms with van der Waals surface area (Å²) in [4.78, 5) is 3.34. The van der Waals surface area contributed by atoms with Gasteiger partial charge in [-0.3, -0.25) is 0 Å². The Morgan fingerprint density at radius 1 is 0.917 bits per heavy atom. The Balaban J connectivity index is 1.41. The maximum absolute atomic E-state index is 4.30. The zero-order valence-electron chi connectivity index (χ0n) is 13.5. The Hall–Kier alpha value is -2.88. The van der Waals surface area contributed by atoms with Crippen LogP contribution in [0.3, 0.4) is 0 Å². The van der Waals surface area contributed by atoms with Crippen molar-refractivity contribution >= 4 is 10.9 Å². The third-order valence-corrected chi connectivity index (χ3v) is 4.41. The van der Waals surface area contributed by atoms with Crippen LogP contribution < -0.4 is 0 Å². The molecule has 4 heteroatoms.